The number of ether oxygens (including phenoxy) is 1. The van der Waals surface area contributed by atoms with Crippen molar-refractivity contribution in [1.82, 2.24) is 10.3 Å². The van der Waals surface area contributed by atoms with Gasteiger partial charge in [0.25, 0.3) is 0 Å². The van der Waals surface area contributed by atoms with Gasteiger partial charge in [-0.05, 0) is 38.0 Å². The molecule has 2 N–H and O–H groups in total. The van der Waals surface area contributed by atoms with E-state index in [0.717, 1.165) is 28.1 Å². The lowest BCUT2D eigenvalue weighted by Gasteiger charge is -2.13. The Balaban J connectivity index is 1.52. The van der Waals surface area contributed by atoms with Crippen molar-refractivity contribution < 1.29 is 14.3 Å². The highest BCUT2D eigenvalue weighted by Crippen LogP contribution is 2.26. The van der Waals surface area contributed by atoms with Gasteiger partial charge in [-0.25, -0.2) is 4.98 Å². The van der Waals surface area contributed by atoms with Gasteiger partial charge < -0.3 is 15.4 Å². The summed E-state index contributed by atoms with van der Waals surface area (Å²) in [5, 5.41) is 8.17. The Hall–Kier alpha value is -3.19. The van der Waals surface area contributed by atoms with E-state index in [4.69, 9.17) is 4.74 Å². The van der Waals surface area contributed by atoms with E-state index in [1.165, 1.54) is 23.8 Å². The van der Waals surface area contributed by atoms with E-state index in [-0.39, 0.29) is 24.3 Å². The first-order valence-electron chi connectivity index (χ1n) is 10.1. The summed E-state index contributed by atoms with van der Waals surface area (Å²) in [6, 6.07) is 13.8. The maximum absolute atomic E-state index is 12.2. The van der Waals surface area contributed by atoms with Gasteiger partial charge in [0, 0.05) is 17.9 Å². The van der Waals surface area contributed by atoms with Crippen LogP contribution in [0, 0.1) is 13.8 Å². The number of carbonyl (C=O) groups is 2. The van der Waals surface area contributed by atoms with Gasteiger partial charge in [0.15, 0.2) is 5.13 Å². The average molecular weight is 438 g/mol. The van der Waals surface area contributed by atoms with Gasteiger partial charge in [-0.3, -0.25) is 9.59 Å². The molecule has 7 heteroatoms. The zero-order valence-electron chi connectivity index (χ0n) is 18.2. The van der Waals surface area contributed by atoms with Crippen molar-refractivity contribution in [3.8, 4) is 17.0 Å². The van der Waals surface area contributed by atoms with Crippen LogP contribution < -0.4 is 15.4 Å². The number of aryl methyl sites for hydroxylation is 2. The Bertz CT molecular complexity index is 1060. The zero-order valence-corrected chi connectivity index (χ0v) is 19.0. The molecular formula is C24H27N3O3S. The van der Waals surface area contributed by atoms with Crippen LogP contribution in [0.3, 0.4) is 0 Å². The number of thiazole rings is 1. The van der Waals surface area contributed by atoms with Gasteiger partial charge in [-0.15, -0.1) is 11.3 Å². The van der Waals surface area contributed by atoms with E-state index in [0.29, 0.717) is 11.7 Å². The lowest BCUT2D eigenvalue weighted by atomic mass is 10.1. The predicted octanol–water partition coefficient (Wildman–Crippen LogP) is 5.03. The van der Waals surface area contributed by atoms with E-state index < -0.39 is 0 Å². The highest BCUT2D eigenvalue weighted by Gasteiger charge is 2.11. The summed E-state index contributed by atoms with van der Waals surface area (Å²) in [6.45, 7) is 7.78. The normalized spacial score (nSPS) is 11.6. The van der Waals surface area contributed by atoms with E-state index in [1.807, 2.05) is 62.5 Å². The third-order valence-corrected chi connectivity index (χ3v) is 5.55. The van der Waals surface area contributed by atoms with Gasteiger partial charge in [0.2, 0.25) is 11.8 Å². The first-order valence-corrected chi connectivity index (χ1v) is 11.0. The summed E-state index contributed by atoms with van der Waals surface area (Å²) in [5.74, 6) is 0.604. The fraction of sp³-hybridized carbons (Fsp3) is 0.292. The Morgan fingerprint density at radius 3 is 2.55 bits per heavy atom. The van der Waals surface area contributed by atoms with Crippen molar-refractivity contribution in [1.29, 1.82) is 0 Å². The molecule has 0 spiro atoms. The minimum atomic E-state index is -0.134. The molecule has 0 fully saturated rings. The molecule has 0 aliphatic carbocycles. The van der Waals surface area contributed by atoms with Crippen molar-refractivity contribution >= 4 is 28.3 Å². The SMILES string of the molecule is CC(=O)NC(C)c1ccc(-c2csc(NC(=O)CCOc3ccc(C)cc3C)n2)cc1. The first-order chi connectivity index (χ1) is 14.8. The van der Waals surface area contributed by atoms with Crippen LogP contribution in [-0.2, 0) is 9.59 Å². The number of aromatic nitrogens is 1. The summed E-state index contributed by atoms with van der Waals surface area (Å²) in [7, 11) is 0. The maximum Gasteiger partial charge on any atom is 0.229 e. The van der Waals surface area contributed by atoms with Gasteiger partial charge in [-0.2, -0.15) is 0 Å². The topological polar surface area (TPSA) is 80.3 Å². The molecule has 1 atom stereocenters. The van der Waals surface area contributed by atoms with Crippen molar-refractivity contribution in [2.75, 3.05) is 11.9 Å². The van der Waals surface area contributed by atoms with Crippen LogP contribution in [0.5, 0.6) is 5.75 Å². The Kier molecular flexibility index (Phi) is 7.41. The average Bonchev–Trinajstić information content (AvgIpc) is 3.17. The number of hydrogen-bond acceptors (Lipinski definition) is 5. The van der Waals surface area contributed by atoms with Gasteiger partial charge in [0.1, 0.15) is 5.75 Å². The Labute approximate surface area is 186 Å². The molecule has 0 saturated heterocycles. The number of anilines is 1. The molecule has 1 heterocycles. The number of amides is 2. The standard InChI is InChI=1S/C24H27N3O3S/c1-15-5-10-22(16(2)13-15)30-12-11-23(29)27-24-26-21(14-31-24)20-8-6-19(7-9-20)17(3)25-18(4)28/h5-10,13-14,17H,11-12H2,1-4H3,(H,25,28)(H,26,27,29). The van der Waals surface area contributed by atoms with Gasteiger partial charge in [0.05, 0.1) is 24.8 Å². The molecule has 6 nitrogen and oxygen atoms in total. The lowest BCUT2D eigenvalue weighted by Crippen LogP contribution is -2.23. The molecule has 31 heavy (non-hydrogen) atoms. The van der Waals surface area contributed by atoms with Gasteiger partial charge in [-0.1, -0.05) is 42.0 Å². The molecule has 1 unspecified atom stereocenters. The summed E-state index contributed by atoms with van der Waals surface area (Å²) in [5.41, 5.74) is 5.01. The van der Waals surface area contributed by atoms with Crippen LogP contribution in [0.25, 0.3) is 11.3 Å². The molecule has 0 radical (unpaired) electrons. The van der Waals surface area contributed by atoms with Crippen LogP contribution >= 0.6 is 11.3 Å². The van der Waals surface area contributed by atoms with Crippen molar-refractivity contribution in [3.05, 3.63) is 64.5 Å². The lowest BCUT2D eigenvalue weighted by molar-refractivity contribution is -0.119. The smallest absolute Gasteiger partial charge is 0.229 e. The van der Waals surface area contributed by atoms with Crippen molar-refractivity contribution in [3.63, 3.8) is 0 Å². The predicted molar refractivity (Wildman–Crippen MR) is 124 cm³/mol. The number of nitrogens with zero attached hydrogens (tertiary/aromatic N) is 1. The summed E-state index contributed by atoms with van der Waals surface area (Å²) < 4.78 is 5.73. The Morgan fingerprint density at radius 2 is 1.87 bits per heavy atom. The summed E-state index contributed by atoms with van der Waals surface area (Å²) in [4.78, 5) is 28.0. The fourth-order valence-electron chi connectivity index (χ4n) is 3.19. The van der Waals surface area contributed by atoms with E-state index in [2.05, 4.69) is 21.7 Å². The molecule has 0 aliphatic rings. The summed E-state index contributed by atoms with van der Waals surface area (Å²) in [6.07, 6.45) is 0.248. The Morgan fingerprint density at radius 1 is 1.13 bits per heavy atom. The van der Waals surface area contributed by atoms with Crippen molar-refractivity contribution in [2.24, 2.45) is 0 Å². The fourth-order valence-corrected chi connectivity index (χ4v) is 3.93. The summed E-state index contributed by atoms with van der Waals surface area (Å²) >= 11 is 1.38. The van der Waals surface area contributed by atoms with Crippen LogP contribution in [-0.4, -0.2) is 23.4 Å². The van der Waals surface area contributed by atoms with Crippen LogP contribution in [0.2, 0.25) is 0 Å². The molecule has 162 valence electrons. The highest BCUT2D eigenvalue weighted by atomic mass is 32.1. The molecule has 1 aromatic heterocycles. The maximum atomic E-state index is 12.2. The van der Waals surface area contributed by atoms with Crippen LogP contribution in [0.15, 0.2) is 47.8 Å². The second-order valence-electron chi connectivity index (χ2n) is 7.50. The first kappa shape index (κ1) is 22.5. The molecule has 3 rings (SSSR count). The van der Waals surface area contributed by atoms with E-state index in [1.54, 1.807) is 0 Å². The molecular weight excluding hydrogens is 410 g/mol. The quantitative estimate of drug-likeness (QED) is 0.518. The minimum absolute atomic E-state index is 0.0530. The molecule has 0 aliphatic heterocycles. The largest absolute Gasteiger partial charge is 0.493 e. The minimum Gasteiger partial charge on any atom is -0.493 e. The number of nitrogens with one attached hydrogen (secondary N) is 2. The van der Waals surface area contributed by atoms with Crippen LogP contribution in [0.4, 0.5) is 5.13 Å². The third-order valence-electron chi connectivity index (χ3n) is 4.79. The van der Waals surface area contributed by atoms with Gasteiger partial charge >= 0.3 is 0 Å². The molecule has 3 aromatic rings. The zero-order chi connectivity index (χ0) is 22.4. The number of hydrogen-bond donors (Lipinski definition) is 2. The second-order valence-corrected chi connectivity index (χ2v) is 8.36. The number of benzene rings is 2. The molecule has 0 bridgehead atoms. The molecule has 2 aromatic carbocycles. The third kappa shape index (κ3) is 6.39. The van der Waals surface area contributed by atoms with Crippen LogP contribution in [0.1, 0.15) is 43.0 Å². The molecule has 0 saturated carbocycles. The van der Waals surface area contributed by atoms with E-state index >= 15 is 0 Å². The highest BCUT2D eigenvalue weighted by molar-refractivity contribution is 7.14. The second kappa shape index (κ2) is 10.2. The number of rotatable bonds is 8. The van der Waals surface area contributed by atoms with Crippen molar-refractivity contribution in [2.45, 2.75) is 40.2 Å². The monoisotopic (exact) mass is 437 g/mol. The van der Waals surface area contributed by atoms with E-state index in [9.17, 15) is 9.59 Å². The number of carbonyl (C=O) groups excluding carboxylic acids is 2. The molecule has 2 amide bonds.